The van der Waals surface area contributed by atoms with Crippen LogP contribution < -0.4 is 5.32 Å². The maximum atomic E-state index is 4.50. The summed E-state index contributed by atoms with van der Waals surface area (Å²) in [6.45, 7) is 5.74. The number of aliphatic imine (C=N–C) groups is 1. The third-order valence-corrected chi connectivity index (χ3v) is 5.30. The molecule has 3 rings (SSSR count). The number of likely N-dealkylation sites (tertiary alicyclic amines) is 1. The monoisotopic (exact) mass is 442 g/mol. The number of halogens is 1. The number of benzene rings is 1. The number of hydrogen-bond donors (Lipinski definition) is 1. The molecule has 2 fully saturated rings. The first kappa shape index (κ1) is 19.5. The van der Waals surface area contributed by atoms with Crippen LogP contribution in [0.4, 0.5) is 0 Å². The Labute approximate surface area is 163 Å². The first-order valence-electron chi connectivity index (χ1n) is 8.96. The Morgan fingerprint density at radius 3 is 2.75 bits per heavy atom. The van der Waals surface area contributed by atoms with Gasteiger partial charge in [-0.2, -0.15) is 0 Å². The van der Waals surface area contributed by atoms with Crippen molar-refractivity contribution in [2.24, 2.45) is 4.99 Å². The smallest absolute Gasteiger partial charge is 0.193 e. The van der Waals surface area contributed by atoms with Gasteiger partial charge >= 0.3 is 0 Å². The Hall–Kier alpha value is -0.820. The average Bonchev–Trinajstić information content (AvgIpc) is 3.22. The minimum Gasteiger partial charge on any atom is -0.353 e. The molecule has 5 heteroatoms. The SMILES string of the molecule is CCN1CCCC1CN(C)C(=NC)NC1CC1c1ccccc1.I. The molecule has 24 heavy (non-hydrogen) atoms. The van der Waals surface area contributed by atoms with Crippen LogP contribution in [-0.4, -0.2) is 61.6 Å². The summed E-state index contributed by atoms with van der Waals surface area (Å²) in [5.74, 6) is 1.68. The van der Waals surface area contributed by atoms with E-state index in [2.05, 4.69) is 64.4 Å². The summed E-state index contributed by atoms with van der Waals surface area (Å²) in [7, 11) is 4.06. The molecule has 0 spiro atoms. The molecule has 1 saturated carbocycles. The van der Waals surface area contributed by atoms with E-state index in [-0.39, 0.29) is 24.0 Å². The predicted molar refractivity (Wildman–Crippen MR) is 112 cm³/mol. The van der Waals surface area contributed by atoms with Crippen molar-refractivity contribution >= 4 is 29.9 Å². The van der Waals surface area contributed by atoms with Gasteiger partial charge in [0.15, 0.2) is 5.96 Å². The third-order valence-electron chi connectivity index (χ3n) is 5.30. The van der Waals surface area contributed by atoms with Crippen LogP contribution in [-0.2, 0) is 0 Å². The average molecular weight is 442 g/mol. The summed E-state index contributed by atoms with van der Waals surface area (Å²) in [6, 6.07) is 12.0. The third kappa shape index (κ3) is 4.63. The van der Waals surface area contributed by atoms with Crippen LogP contribution in [0.2, 0.25) is 0 Å². The topological polar surface area (TPSA) is 30.9 Å². The molecular formula is C19H31IN4. The molecule has 4 nitrogen and oxygen atoms in total. The molecule has 0 bridgehead atoms. The number of rotatable bonds is 5. The lowest BCUT2D eigenvalue weighted by Gasteiger charge is -2.30. The van der Waals surface area contributed by atoms with Crippen LogP contribution in [0.15, 0.2) is 35.3 Å². The Morgan fingerprint density at radius 2 is 2.08 bits per heavy atom. The molecule has 1 saturated heterocycles. The van der Waals surface area contributed by atoms with Gasteiger partial charge in [0.05, 0.1) is 0 Å². The Kier molecular flexibility index (Phi) is 7.34. The van der Waals surface area contributed by atoms with Gasteiger partial charge < -0.3 is 10.2 Å². The van der Waals surface area contributed by atoms with E-state index in [0.29, 0.717) is 18.0 Å². The molecular weight excluding hydrogens is 411 g/mol. The first-order valence-corrected chi connectivity index (χ1v) is 8.96. The molecule has 1 heterocycles. The van der Waals surface area contributed by atoms with E-state index in [0.717, 1.165) is 19.0 Å². The van der Waals surface area contributed by atoms with Gasteiger partial charge in [-0.3, -0.25) is 9.89 Å². The lowest BCUT2D eigenvalue weighted by Crippen LogP contribution is -2.46. The second-order valence-electron chi connectivity index (χ2n) is 6.86. The summed E-state index contributed by atoms with van der Waals surface area (Å²) >= 11 is 0. The van der Waals surface area contributed by atoms with Gasteiger partial charge in [0, 0.05) is 38.6 Å². The van der Waals surface area contributed by atoms with E-state index in [1.54, 1.807) is 0 Å². The highest BCUT2D eigenvalue weighted by Crippen LogP contribution is 2.40. The maximum Gasteiger partial charge on any atom is 0.193 e. The van der Waals surface area contributed by atoms with E-state index < -0.39 is 0 Å². The standard InChI is InChI=1S/C19H30N4.HI/c1-4-23-12-8-11-16(23)14-22(3)19(20-2)21-18-13-17(18)15-9-6-5-7-10-15;/h5-7,9-10,16-18H,4,8,11-14H2,1-3H3,(H,20,21);1H. The molecule has 1 N–H and O–H groups in total. The van der Waals surface area contributed by atoms with E-state index in [1.807, 2.05) is 7.05 Å². The summed E-state index contributed by atoms with van der Waals surface area (Å²) in [5, 5.41) is 3.65. The van der Waals surface area contributed by atoms with E-state index >= 15 is 0 Å². The fourth-order valence-corrected chi connectivity index (χ4v) is 3.86. The van der Waals surface area contributed by atoms with Crippen molar-refractivity contribution in [3.8, 4) is 0 Å². The summed E-state index contributed by atoms with van der Waals surface area (Å²) in [5.41, 5.74) is 1.44. The molecule has 1 aromatic carbocycles. The molecule has 3 unspecified atom stereocenters. The van der Waals surface area contributed by atoms with Gasteiger partial charge in [-0.15, -0.1) is 24.0 Å². The van der Waals surface area contributed by atoms with Crippen molar-refractivity contribution in [2.75, 3.05) is 33.7 Å². The molecule has 0 amide bonds. The Morgan fingerprint density at radius 1 is 1.33 bits per heavy atom. The summed E-state index contributed by atoms with van der Waals surface area (Å²) in [4.78, 5) is 9.40. The van der Waals surface area contributed by atoms with Crippen LogP contribution >= 0.6 is 24.0 Å². The van der Waals surface area contributed by atoms with E-state index in [4.69, 9.17) is 0 Å². The van der Waals surface area contributed by atoms with Crippen LogP contribution in [0.3, 0.4) is 0 Å². The first-order chi connectivity index (χ1) is 11.2. The molecule has 0 aromatic heterocycles. The van der Waals surface area contributed by atoms with Crippen molar-refractivity contribution in [3.05, 3.63) is 35.9 Å². The zero-order valence-corrected chi connectivity index (χ0v) is 17.4. The van der Waals surface area contributed by atoms with E-state index in [9.17, 15) is 0 Å². The minimum absolute atomic E-state index is 0. The second kappa shape index (κ2) is 9.04. The number of nitrogens with zero attached hydrogens (tertiary/aromatic N) is 3. The zero-order valence-electron chi connectivity index (χ0n) is 15.1. The minimum atomic E-state index is 0. The van der Waals surface area contributed by atoms with Gasteiger partial charge in [-0.25, -0.2) is 0 Å². The molecule has 3 atom stereocenters. The highest BCUT2D eigenvalue weighted by molar-refractivity contribution is 14.0. The van der Waals surface area contributed by atoms with Crippen molar-refractivity contribution in [3.63, 3.8) is 0 Å². The predicted octanol–water partition coefficient (Wildman–Crippen LogP) is 3.15. The fraction of sp³-hybridized carbons (Fsp3) is 0.632. The van der Waals surface area contributed by atoms with E-state index in [1.165, 1.54) is 31.4 Å². The lowest BCUT2D eigenvalue weighted by molar-refractivity contribution is 0.232. The van der Waals surface area contributed by atoms with Crippen molar-refractivity contribution in [2.45, 2.75) is 44.2 Å². The van der Waals surface area contributed by atoms with Crippen LogP contribution in [0.25, 0.3) is 0 Å². The van der Waals surface area contributed by atoms with Gasteiger partial charge in [-0.05, 0) is 37.9 Å². The van der Waals surface area contributed by atoms with Gasteiger partial charge in [0.1, 0.15) is 0 Å². The molecule has 2 aliphatic rings. The van der Waals surface area contributed by atoms with Crippen molar-refractivity contribution < 1.29 is 0 Å². The lowest BCUT2D eigenvalue weighted by atomic mass is 10.1. The quantitative estimate of drug-likeness (QED) is 0.432. The van der Waals surface area contributed by atoms with Crippen LogP contribution in [0.5, 0.6) is 0 Å². The number of hydrogen-bond acceptors (Lipinski definition) is 2. The number of guanidine groups is 1. The normalized spacial score (nSPS) is 26.8. The highest BCUT2D eigenvalue weighted by atomic mass is 127. The molecule has 1 aliphatic carbocycles. The molecule has 1 aliphatic heterocycles. The van der Waals surface area contributed by atoms with Gasteiger partial charge in [0.25, 0.3) is 0 Å². The van der Waals surface area contributed by atoms with Gasteiger partial charge in [-0.1, -0.05) is 37.3 Å². The Balaban J connectivity index is 0.00000208. The van der Waals surface area contributed by atoms with Crippen LogP contribution in [0, 0.1) is 0 Å². The highest BCUT2D eigenvalue weighted by Gasteiger charge is 2.39. The van der Waals surface area contributed by atoms with Crippen molar-refractivity contribution in [1.29, 1.82) is 0 Å². The summed E-state index contributed by atoms with van der Waals surface area (Å²) < 4.78 is 0. The largest absolute Gasteiger partial charge is 0.353 e. The second-order valence-corrected chi connectivity index (χ2v) is 6.86. The number of nitrogens with one attached hydrogen (secondary N) is 1. The molecule has 0 radical (unpaired) electrons. The molecule has 1 aromatic rings. The Bertz CT molecular complexity index is 533. The fourth-order valence-electron chi connectivity index (χ4n) is 3.86. The van der Waals surface area contributed by atoms with Crippen molar-refractivity contribution in [1.82, 2.24) is 15.1 Å². The number of likely N-dealkylation sites (N-methyl/N-ethyl adjacent to an activating group) is 2. The van der Waals surface area contributed by atoms with Crippen LogP contribution in [0.1, 0.15) is 37.7 Å². The molecule has 134 valence electrons. The summed E-state index contributed by atoms with van der Waals surface area (Å²) in [6.07, 6.45) is 3.85. The zero-order chi connectivity index (χ0) is 16.2. The van der Waals surface area contributed by atoms with Gasteiger partial charge in [0.2, 0.25) is 0 Å². The maximum absolute atomic E-state index is 4.50.